The number of hydrogen-bond acceptors (Lipinski definition) is 3. The van der Waals surface area contributed by atoms with Gasteiger partial charge in [-0.1, -0.05) is 34.1 Å². The van der Waals surface area contributed by atoms with E-state index >= 15 is 0 Å². The normalized spacial score (nSPS) is 15.7. The first kappa shape index (κ1) is 16.8. The van der Waals surface area contributed by atoms with Gasteiger partial charge in [0.2, 0.25) is 0 Å². The molecule has 0 fully saturated rings. The lowest BCUT2D eigenvalue weighted by Crippen LogP contribution is -2.26. The number of carbonyl (C=O) groups excluding carboxylic acids is 1. The van der Waals surface area contributed by atoms with Crippen molar-refractivity contribution in [3.63, 3.8) is 0 Å². The third kappa shape index (κ3) is 9.73. The second kappa shape index (κ2) is 9.97. The molecule has 15 heavy (non-hydrogen) atoms. The van der Waals surface area contributed by atoms with Crippen molar-refractivity contribution >= 4 is 5.97 Å². The molecule has 0 aromatic rings. The average molecular weight is 218 g/mol. The summed E-state index contributed by atoms with van der Waals surface area (Å²) in [5.41, 5.74) is 0. The fraction of sp³-hybridized carbons (Fsp3) is 0.917. The van der Waals surface area contributed by atoms with E-state index in [1.165, 1.54) is 6.92 Å². The molecule has 0 N–H and O–H groups in total. The van der Waals surface area contributed by atoms with Gasteiger partial charge in [-0.2, -0.15) is 0 Å². The number of carbonyl (C=O) groups is 1. The van der Waals surface area contributed by atoms with Crippen molar-refractivity contribution in [3.8, 4) is 0 Å². The van der Waals surface area contributed by atoms with Gasteiger partial charge in [0.15, 0.2) is 6.29 Å². The third-order valence-electron chi connectivity index (χ3n) is 2.18. The minimum atomic E-state index is -0.443. The summed E-state index contributed by atoms with van der Waals surface area (Å²) in [6, 6.07) is 0. The second-order valence-corrected chi connectivity index (χ2v) is 3.40. The highest BCUT2D eigenvalue weighted by Crippen LogP contribution is 2.13. The lowest BCUT2D eigenvalue weighted by molar-refractivity contribution is -0.185. The Hall–Kier alpha value is -0.570. The van der Waals surface area contributed by atoms with Crippen LogP contribution in [0.15, 0.2) is 0 Å². The van der Waals surface area contributed by atoms with Gasteiger partial charge in [0.05, 0.1) is 6.10 Å². The molecule has 0 amide bonds. The van der Waals surface area contributed by atoms with Gasteiger partial charge in [-0.05, 0) is 19.8 Å². The minimum absolute atomic E-state index is 0.124. The van der Waals surface area contributed by atoms with Crippen LogP contribution in [-0.4, -0.2) is 18.4 Å². The number of hydrogen-bond donors (Lipinski definition) is 0. The Bertz CT molecular complexity index is 157. The predicted molar refractivity (Wildman–Crippen MR) is 62.6 cm³/mol. The van der Waals surface area contributed by atoms with Crippen LogP contribution in [0.1, 0.15) is 54.9 Å². The van der Waals surface area contributed by atoms with E-state index in [4.69, 9.17) is 9.47 Å². The van der Waals surface area contributed by atoms with Crippen molar-refractivity contribution in [2.24, 2.45) is 5.92 Å². The zero-order chi connectivity index (χ0) is 12.4. The van der Waals surface area contributed by atoms with Gasteiger partial charge in [-0.25, -0.2) is 0 Å². The molecule has 0 bridgehead atoms. The molecule has 0 rings (SSSR count). The van der Waals surface area contributed by atoms with Crippen LogP contribution < -0.4 is 0 Å². The minimum Gasteiger partial charge on any atom is -0.436 e. The molecule has 92 valence electrons. The van der Waals surface area contributed by atoms with Crippen molar-refractivity contribution in [2.75, 3.05) is 0 Å². The molecule has 3 heteroatoms. The van der Waals surface area contributed by atoms with Crippen LogP contribution >= 0.6 is 0 Å². The van der Waals surface area contributed by atoms with E-state index in [0.29, 0.717) is 5.92 Å². The fourth-order valence-corrected chi connectivity index (χ4v) is 1.03. The van der Waals surface area contributed by atoms with E-state index in [0.717, 1.165) is 6.42 Å². The summed E-state index contributed by atoms with van der Waals surface area (Å²) < 4.78 is 10.3. The Balaban J connectivity index is 0. The molecule has 0 aromatic carbocycles. The molecule has 0 spiro atoms. The highest BCUT2D eigenvalue weighted by molar-refractivity contribution is 5.65. The summed E-state index contributed by atoms with van der Waals surface area (Å²) >= 11 is 0. The molecule has 0 heterocycles. The van der Waals surface area contributed by atoms with Crippen LogP contribution in [-0.2, 0) is 14.3 Å². The summed E-state index contributed by atoms with van der Waals surface area (Å²) in [7, 11) is 0. The molecule has 0 saturated heterocycles. The molecule has 0 aliphatic rings. The highest BCUT2D eigenvalue weighted by atomic mass is 16.7. The van der Waals surface area contributed by atoms with Gasteiger partial charge in [-0.15, -0.1) is 0 Å². The molecular formula is C12H26O3. The van der Waals surface area contributed by atoms with Crippen LogP contribution in [0.25, 0.3) is 0 Å². The van der Waals surface area contributed by atoms with Gasteiger partial charge >= 0.3 is 5.97 Å². The fourth-order valence-electron chi connectivity index (χ4n) is 1.03. The molecule has 0 aliphatic carbocycles. The van der Waals surface area contributed by atoms with E-state index in [-0.39, 0.29) is 12.1 Å². The van der Waals surface area contributed by atoms with E-state index in [1.54, 1.807) is 6.92 Å². The topological polar surface area (TPSA) is 35.5 Å². The Kier molecular flexibility index (Phi) is 11.2. The Labute approximate surface area is 94.1 Å². The van der Waals surface area contributed by atoms with Gasteiger partial charge in [0.25, 0.3) is 0 Å². The summed E-state index contributed by atoms with van der Waals surface area (Å²) in [5, 5.41) is 0. The number of ether oxygens (including phenoxy) is 2. The van der Waals surface area contributed by atoms with Crippen molar-refractivity contribution in [2.45, 2.75) is 67.3 Å². The van der Waals surface area contributed by atoms with Crippen molar-refractivity contribution < 1.29 is 14.3 Å². The summed E-state index contributed by atoms with van der Waals surface area (Å²) in [5.74, 6) is 0.182. The molecule has 3 unspecified atom stereocenters. The Morgan fingerprint density at radius 1 is 1.20 bits per heavy atom. The lowest BCUT2D eigenvalue weighted by atomic mass is 10.0. The van der Waals surface area contributed by atoms with Gasteiger partial charge in [-0.3, -0.25) is 4.79 Å². The molecule has 3 nitrogen and oxygen atoms in total. The van der Waals surface area contributed by atoms with Crippen molar-refractivity contribution in [3.05, 3.63) is 0 Å². The molecular weight excluding hydrogens is 192 g/mol. The van der Waals surface area contributed by atoms with Gasteiger partial charge < -0.3 is 9.47 Å². The summed E-state index contributed by atoms with van der Waals surface area (Å²) in [4.78, 5) is 10.6. The zero-order valence-corrected chi connectivity index (χ0v) is 11.2. The standard InChI is InChI=1S/C10H20O3.C2H6/c1-6-7(2)8(3)12-10(5)13-9(4)11;1-2/h7-8,10H,6H2,1-5H3;1-2H3. The molecule has 0 aromatic heterocycles. The Morgan fingerprint density at radius 2 is 1.67 bits per heavy atom. The van der Waals surface area contributed by atoms with E-state index in [1.807, 2.05) is 20.8 Å². The molecule has 0 aliphatic heterocycles. The van der Waals surface area contributed by atoms with Crippen molar-refractivity contribution in [1.82, 2.24) is 0 Å². The smallest absolute Gasteiger partial charge is 0.304 e. The molecule has 0 radical (unpaired) electrons. The number of rotatable bonds is 5. The SMILES string of the molecule is CC.CCC(C)C(C)OC(C)OC(C)=O. The maximum Gasteiger partial charge on any atom is 0.304 e. The third-order valence-corrected chi connectivity index (χ3v) is 2.18. The largest absolute Gasteiger partial charge is 0.436 e. The first-order valence-corrected chi connectivity index (χ1v) is 5.80. The first-order chi connectivity index (χ1) is 6.97. The van der Waals surface area contributed by atoms with E-state index in [2.05, 4.69) is 13.8 Å². The van der Waals surface area contributed by atoms with Crippen LogP contribution in [0.3, 0.4) is 0 Å². The number of esters is 1. The van der Waals surface area contributed by atoms with Gasteiger partial charge in [0, 0.05) is 6.92 Å². The maximum absolute atomic E-state index is 10.6. The van der Waals surface area contributed by atoms with E-state index < -0.39 is 6.29 Å². The quantitative estimate of drug-likeness (QED) is 0.524. The van der Waals surface area contributed by atoms with Crippen LogP contribution in [0.5, 0.6) is 0 Å². The maximum atomic E-state index is 10.6. The summed E-state index contributed by atoms with van der Waals surface area (Å²) in [6.07, 6.45) is 0.745. The predicted octanol–water partition coefficient (Wildman–Crippen LogP) is 3.37. The van der Waals surface area contributed by atoms with Crippen LogP contribution in [0.4, 0.5) is 0 Å². The molecule has 0 saturated carbocycles. The van der Waals surface area contributed by atoms with Gasteiger partial charge in [0.1, 0.15) is 0 Å². The van der Waals surface area contributed by atoms with Crippen LogP contribution in [0.2, 0.25) is 0 Å². The average Bonchev–Trinajstić information content (AvgIpc) is 2.18. The Morgan fingerprint density at radius 3 is 2.00 bits per heavy atom. The monoisotopic (exact) mass is 218 g/mol. The first-order valence-electron chi connectivity index (χ1n) is 5.80. The van der Waals surface area contributed by atoms with Crippen LogP contribution in [0, 0.1) is 5.92 Å². The summed E-state index contributed by atoms with van der Waals surface area (Å²) in [6.45, 7) is 13.3. The lowest BCUT2D eigenvalue weighted by Gasteiger charge is -2.22. The highest BCUT2D eigenvalue weighted by Gasteiger charge is 2.15. The van der Waals surface area contributed by atoms with Crippen molar-refractivity contribution in [1.29, 1.82) is 0 Å². The second-order valence-electron chi connectivity index (χ2n) is 3.40. The van der Waals surface area contributed by atoms with E-state index in [9.17, 15) is 4.79 Å². The zero-order valence-electron chi connectivity index (χ0n) is 11.2. The molecule has 3 atom stereocenters.